The highest BCUT2D eigenvalue weighted by atomic mass is 19.1. The minimum Gasteiger partial charge on any atom is -0.711 e. The summed E-state index contributed by atoms with van der Waals surface area (Å²) in [4.78, 5) is 28.2. The maximum atomic E-state index is 13.5. The number of aromatic nitrogens is 3. The predicted octanol–water partition coefficient (Wildman–Crippen LogP) is 3.03. The Kier molecular flexibility index (Phi) is 6.48. The smallest absolute Gasteiger partial charge is 0.314 e. The molecule has 11 heteroatoms. The van der Waals surface area contributed by atoms with Gasteiger partial charge >= 0.3 is 11.8 Å². The summed E-state index contributed by atoms with van der Waals surface area (Å²) in [7, 11) is 0. The van der Waals surface area contributed by atoms with Crippen LogP contribution in [0.3, 0.4) is 0 Å². The molecule has 0 saturated carbocycles. The predicted molar refractivity (Wildman–Crippen MR) is 130 cm³/mol. The minimum absolute atomic E-state index is 0.0578. The Labute approximate surface area is 207 Å². The van der Waals surface area contributed by atoms with Crippen molar-refractivity contribution in [3.8, 4) is 0 Å². The van der Waals surface area contributed by atoms with Gasteiger partial charge in [-0.2, -0.15) is 5.10 Å². The first-order valence-electron chi connectivity index (χ1n) is 12.2. The summed E-state index contributed by atoms with van der Waals surface area (Å²) in [6.45, 7) is 2.99. The molecule has 2 aliphatic heterocycles. The lowest BCUT2D eigenvalue weighted by atomic mass is 9.90. The number of carbonyl (C=O) groups is 2. The summed E-state index contributed by atoms with van der Waals surface area (Å²) in [5.74, 6) is -1.82. The van der Waals surface area contributed by atoms with Crippen molar-refractivity contribution in [1.29, 1.82) is 0 Å². The number of anilines is 2. The molecule has 4 heterocycles. The summed E-state index contributed by atoms with van der Waals surface area (Å²) in [6.07, 6.45) is 6.39. The largest absolute Gasteiger partial charge is 0.711 e. The van der Waals surface area contributed by atoms with E-state index in [0.29, 0.717) is 35.2 Å². The van der Waals surface area contributed by atoms with Crippen molar-refractivity contribution in [3.05, 3.63) is 53.2 Å². The van der Waals surface area contributed by atoms with Gasteiger partial charge in [0.25, 0.3) is 5.82 Å². The van der Waals surface area contributed by atoms with Crippen molar-refractivity contribution < 1.29 is 23.4 Å². The topological polar surface area (TPSA) is 129 Å². The third kappa shape index (κ3) is 4.46. The highest BCUT2D eigenvalue weighted by Gasteiger charge is 2.35. The van der Waals surface area contributed by atoms with Gasteiger partial charge in [0.1, 0.15) is 28.6 Å². The molecule has 0 bridgehead atoms. The average Bonchev–Trinajstić information content (AvgIpc) is 3.33. The van der Waals surface area contributed by atoms with Gasteiger partial charge in [-0.1, -0.05) is 19.1 Å². The molecule has 10 nitrogen and oxygen atoms in total. The zero-order valence-electron chi connectivity index (χ0n) is 20.0. The van der Waals surface area contributed by atoms with Crippen molar-refractivity contribution >= 4 is 34.2 Å². The molecule has 2 amide bonds. The molecule has 190 valence electrons. The number of carbonyl (C=O) groups excluding carboxylic acids is 2. The molecule has 0 radical (unpaired) electrons. The third-order valence-electron chi connectivity index (χ3n) is 7.01. The van der Waals surface area contributed by atoms with E-state index in [1.165, 1.54) is 23.2 Å². The van der Waals surface area contributed by atoms with Gasteiger partial charge in [-0.05, 0) is 55.7 Å². The van der Waals surface area contributed by atoms with Gasteiger partial charge in [-0.25, -0.2) is 13.8 Å². The minimum atomic E-state index is -0.875. The third-order valence-corrected chi connectivity index (χ3v) is 7.01. The fourth-order valence-electron chi connectivity index (χ4n) is 5.13. The summed E-state index contributed by atoms with van der Waals surface area (Å²) in [6, 6.07) is 5.63. The van der Waals surface area contributed by atoms with Crippen molar-refractivity contribution in [2.75, 3.05) is 24.2 Å². The Bertz CT molecular complexity index is 1290. The molecule has 3 aromatic rings. The van der Waals surface area contributed by atoms with Crippen molar-refractivity contribution in [2.45, 2.75) is 51.3 Å². The number of likely N-dealkylation sites (tertiary alicyclic amines) is 1. The number of fused-ring (bicyclic) bond motifs is 1. The second kappa shape index (κ2) is 9.73. The van der Waals surface area contributed by atoms with Gasteiger partial charge in [0.2, 0.25) is 0 Å². The molecule has 5 rings (SSSR count). The van der Waals surface area contributed by atoms with Crippen LogP contribution in [0.1, 0.15) is 56.9 Å². The summed E-state index contributed by atoms with van der Waals surface area (Å²) in [5, 5.41) is 19.8. The van der Waals surface area contributed by atoms with Gasteiger partial charge < -0.3 is 20.2 Å². The lowest BCUT2D eigenvalue weighted by molar-refractivity contribution is -0.587. The second-order valence-electron chi connectivity index (χ2n) is 9.59. The average molecular weight is 497 g/mol. The van der Waals surface area contributed by atoms with Crippen molar-refractivity contribution in [3.63, 3.8) is 0 Å². The molecular formula is C25H29FN6O4. The number of benzene rings is 1. The fraction of sp³-hybridized carbons (Fsp3) is 0.440. The monoisotopic (exact) mass is 496 g/mol. The highest BCUT2D eigenvalue weighted by Crippen LogP contribution is 2.35. The molecular weight excluding hydrogens is 467 g/mol. The maximum Gasteiger partial charge on any atom is 0.314 e. The molecule has 0 aliphatic carbocycles. The van der Waals surface area contributed by atoms with E-state index in [1.807, 2.05) is 6.92 Å². The van der Waals surface area contributed by atoms with Crippen LogP contribution in [0.4, 0.5) is 15.9 Å². The van der Waals surface area contributed by atoms with Gasteiger partial charge in [0.05, 0.1) is 12.2 Å². The number of nitrogens with zero attached hydrogens (tertiary/aromatic N) is 4. The zero-order valence-corrected chi connectivity index (χ0v) is 20.0. The number of nitrogens with two attached hydrogens (primary N) is 1. The van der Waals surface area contributed by atoms with Gasteiger partial charge in [0, 0.05) is 13.2 Å². The van der Waals surface area contributed by atoms with Crippen molar-refractivity contribution in [2.24, 2.45) is 5.92 Å². The molecule has 0 spiro atoms. The zero-order chi connectivity index (χ0) is 25.4. The lowest BCUT2D eigenvalue weighted by Gasteiger charge is -2.38. The number of nitrogens with one attached hydrogen (secondary N) is 1. The lowest BCUT2D eigenvalue weighted by Crippen LogP contribution is -2.46. The maximum absolute atomic E-state index is 13.5. The number of amides is 2. The summed E-state index contributed by atoms with van der Waals surface area (Å²) < 4.78 is 21.4. The Morgan fingerprint density at radius 3 is 2.72 bits per heavy atom. The van der Waals surface area contributed by atoms with Gasteiger partial charge in [-0.3, -0.25) is 15.3 Å². The van der Waals surface area contributed by atoms with Crippen LogP contribution in [0.2, 0.25) is 0 Å². The van der Waals surface area contributed by atoms with Gasteiger partial charge in [0.15, 0.2) is 6.23 Å². The number of ether oxygens (including phenoxy) is 1. The molecule has 1 aromatic carbocycles. The van der Waals surface area contributed by atoms with Crippen LogP contribution < -0.4 is 15.8 Å². The van der Waals surface area contributed by atoms with Crippen LogP contribution in [0.25, 0.3) is 10.9 Å². The molecule has 36 heavy (non-hydrogen) atoms. The van der Waals surface area contributed by atoms with Crippen LogP contribution >= 0.6 is 0 Å². The Hall–Kier alpha value is -3.73. The molecule has 2 fully saturated rings. The Balaban J connectivity index is 1.45. The van der Waals surface area contributed by atoms with Crippen LogP contribution in [-0.2, 0) is 14.3 Å². The highest BCUT2D eigenvalue weighted by molar-refractivity contribution is 6.40. The normalized spacial score (nSPS) is 22.5. The van der Waals surface area contributed by atoms with Crippen LogP contribution in [-0.4, -0.2) is 39.6 Å². The first-order valence-corrected chi connectivity index (χ1v) is 12.2. The molecule has 3 N–H and O–H groups in total. The first-order chi connectivity index (χ1) is 17.3. The molecule has 2 aliphatic rings. The fourth-order valence-corrected chi connectivity index (χ4v) is 5.13. The van der Waals surface area contributed by atoms with Crippen LogP contribution in [0.15, 0.2) is 36.7 Å². The summed E-state index contributed by atoms with van der Waals surface area (Å²) in [5.41, 5.74) is 7.31. The number of pyridine rings is 1. The van der Waals surface area contributed by atoms with Gasteiger partial charge in [-0.15, -0.1) is 0 Å². The number of rotatable bonds is 3. The van der Waals surface area contributed by atoms with Crippen molar-refractivity contribution in [1.82, 2.24) is 14.7 Å². The SMILES string of the molecule is C[C@H]1CC[C@H](c2ccc(F)cc2)N(C(=O)C(=O)Nc2c[n+]([O-])c(N)c3cnn(C4CCCCO4)c23)C1. The van der Waals surface area contributed by atoms with E-state index >= 15 is 0 Å². The van der Waals surface area contributed by atoms with E-state index in [4.69, 9.17) is 10.5 Å². The van der Waals surface area contributed by atoms with E-state index < -0.39 is 11.8 Å². The van der Waals surface area contributed by atoms with E-state index in [1.54, 1.807) is 16.8 Å². The summed E-state index contributed by atoms with van der Waals surface area (Å²) >= 11 is 0. The Morgan fingerprint density at radius 2 is 2.00 bits per heavy atom. The number of hydrogen-bond acceptors (Lipinski definition) is 6. The van der Waals surface area contributed by atoms with E-state index in [-0.39, 0.29) is 35.5 Å². The van der Waals surface area contributed by atoms with E-state index in [9.17, 15) is 19.2 Å². The number of hydrogen-bond donors (Lipinski definition) is 2. The standard InChI is InChI=1S/C25H29FN6O4/c1-15-5-10-20(16-6-8-17(26)9-7-16)30(13-15)25(34)24(33)29-19-14-31(35)23(27)18-12-28-32(22(18)19)21-4-2-3-11-36-21/h6-9,12,14-15,20-21H,2-5,10-11,13,27H2,1H3,(H,29,33)/t15-,20+,21?/m0/s1. The molecule has 2 aromatic heterocycles. The first kappa shape index (κ1) is 24.0. The van der Waals surface area contributed by atoms with Crippen LogP contribution in [0, 0.1) is 16.9 Å². The number of piperidine rings is 1. The molecule has 2 saturated heterocycles. The molecule has 1 unspecified atom stereocenters. The van der Waals surface area contributed by atoms with E-state index in [2.05, 4.69) is 10.4 Å². The van der Waals surface area contributed by atoms with Crippen LogP contribution in [0.5, 0.6) is 0 Å². The second-order valence-corrected chi connectivity index (χ2v) is 9.59. The quantitative estimate of drug-likeness (QED) is 0.326. The number of halogens is 1. The van der Waals surface area contributed by atoms with E-state index in [0.717, 1.165) is 37.4 Å². The molecule has 3 atom stereocenters. The Morgan fingerprint density at radius 1 is 1.22 bits per heavy atom. The number of nitrogen functional groups attached to an aromatic ring is 1.